The minimum Gasteiger partial charge on any atom is -0.323 e. The summed E-state index contributed by atoms with van der Waals surface area (Å²) in [4.78, 5) is 20.0. The van der Waals surface area contributed by atoms with Crippen LogP contribution in [0.5, 0.6) is 0 Å². The van der Waals surface area contributed by atoms with Crippen LogP contribution in [-0.4, -0.2) is 47.9 Å². The van der Waals surface area contributed by atoms with Crippen LogP contribution in [0.2, 0.25) is 0 Å². The number of aromatic nitrogens is 6. The predicted octanol–water partition coefficient (Wildman–Crippen LogP) is 3.02. The summed E-state index contributed by atoms with van der Waals surface area (Å²) in [5.41, 5.74) is -1.07. The fourth-order valence-electron chi connectivity index (χ4n) is 3.44. The molecule has 0 spiro atoms. The second-order valence-electron chi connectivity index (χ2n) is 7.77. The van der Waals surface area contributed by atoms with Crippen molar-refractivity contribution in [2.75, 3.05) is 11.9 Å². The maximum atomic E-state index is 14.6. The van der Waals surface area contributed by atoms with E-state index >= 15 is 0 Å². The first-order chi connectivity index (χ1) is 15.9. The quantitative estimate of drug-likeness (QED) is 0.536. The summed E-state index contributed by atoms with van der Waals surface area (Å²) in [6.45, 7) is 0.918. The highest BCUT2D eigenvalue weighted by atomic mass is 19.4. The zero-order valence-corrected chi connectivity index (χ0v) is 17.6. The number of piperidine rings is 1. The van der Waals surface area contributed by atoms with Crippen LogP contribution in [0.25, 0.3) is 5.82 Å². The van der Waals surface area contributed by atoms with E-state index in [1.54, 1.807) is 0 Å². The highest BCUT2D eigenvalue weighted by Crippen LogP contribution is 2.33. The molecule has 0 aromatic carbocycles. The molecule has 1 amide bonds. The number of anilines is 1. The summed E-state index contributed by atoms with van der Waals surface area (Å²) >= 11 is 0. The Balaban J connectivity index is 1.43. The molecule has 1 aliphatic heterocycles. The van der Waals surface area contributed by atoms with Gasteiger partial charge in [0.2, 0.25) is 5.91 Å². The molecule has 0 bridgehead atoms. The van der Waals surface area contributed by atoms with Crippen molar-refractivity contribution in [1.29, 1.82) is 0 Å². The highest BCUT2D eigenvalue weighted by molar-refractivity contribution is 5.90. The number of aryl methyl sites for hydroxylation is 1. The van der Waals surface area contributed by atoms with Crippen LogP contribution in [0.3, 0.4) is 0 Å². The van der Waals surface area contributed by atoms with Gasteiger partial charge in [0.25, 0.3) is 5.92 Å². The van der Waals surface area contributed by atoms with Gasteiger partial charge in [0.1, 0.15) is 12.9 Å². The normalized spacial score (nSPS) is 18.1. The maximum Gasteiger partial charge on any atom is 0.435 e. The van der Waals surface area contributed by atoms with E-state index < -0.39 is 48.5 Å². The van der Waals surface area contributed by atoms with Gasteiger partial charge in [0.05, 0.1) is 17.9 Å². The molecule has 1 saturated heterocycles. The highest BCUT2D eigenvalue weighted by Gasteiger charge is 2.38. The lowest BCUT2D eigenvalue weighted by molar-refractivity contribution is -0.141. The van der Waals surface area contributed by atoms with Gasteiger partial charge in [0.15, 0.2) is 23.2 Å². The number of pyridine rings is 1. The minimum atomic E-state index is -4.65. The molecule has 1 atom stereocenters. The van der Waals surface area contributed by atoms with E-state index in [0.29, 0.717) is 0 Å². The molecular formula is C19H18F6N8O. The molecular weight excluding hydrogens is 470 g/mol. The van der Waals surface area contributed by atoms with Crippen molar-refractivity contribution < 1.29 is 31.1 Å². The molecule has 9 nitrogen and oxygen atoms in total. The number of halogens is 6. The molecule has 34 heavy (non-hydrogen) atoms. The van der Waals surface area contributed by atoms with Gasteiger partial charge in [-0.1, -0.05) is 0 Å². The Morgan fingerprint density at radius 2 is 2.03 bits per heavy atom. The van der Waals surface area contributed by atoms with Gasteiger partial charge in [-0.2, -0.15) is 23.0 Å². The molecule has 1 fully saturated rings. The Morgan fingerprint density at radius 3 is 2.68 bits per heavy atom. The maximum absolute atomic E-state index is 14.6. The third-order valence-corrected chi connectivity index (χ3v) is 5.09. The number of hydrogen-bond acceptors (Lipinski definition) is 6. The lowest BCUT2D eigenvalue weighted by Crippen LogP contribution is -2.38. The van der Waals surface area contributed by atoms with Crippen molar-refractivity contribution in [3.05, 3.63) is 47.7 Å². The first-order valence-electron chi connectivity index (χ1n) is 10.0. The Labute approximate surface area is 188 Å². The van der Waals surface area contributed by atoms with Crippen LogP contribution in [0.15, 0.2) is 24.7 Å². The Kier molecular flexibility index (Phi) is 6.05. The van der Waals surface area contributed by atoms with Gasteiger partial charge in [0, 0.05) is 31.1 Å². The Bertz CT molecular complexity index is 1200. The molecule has 1 unspecified atom stereocenters. The number of carbonyl (C=O) groups is 1. The molecule has 182 valence electrons. The third kappa shape index (κ3) is 5.18. The van der Waals surface area contributed by atoms with Crippen LogP contribution in [-0.2, 0) is 17.5 Å². The fraction of sp³-hybridized carbons (Fsp3) is 0.421. The van der Waals surface area contributed by atoms with Crippen molar-refractivity contribution in [2.45, 2.75) is 44.5 Å². The summed E-state index contributed by atoms with van der Waals surface area (Å²) in [5.74, 6) is -4.72. The largest absolute Gasteiger partial charge is 0.435 e. The zero-order chi connectivity index (χ0) is 24.7. The zero-order valence-electron chi connectivity index (χ0n) is 17.6. The van der Waals surface area contributed by atoms with E-state index in [4.69, 9.17) is 0 Å². The van der Waals surface area contributed by atoms with Crippen molar-refractivity contribution in [3.8, 4) is 5.82 Å². The SMILES string of the molecule is Cc1cc(C(F)(F)F)nn1CC(=O)Nc1cnc(-n2cnc(C3CC(F)(F)CCN3)n2)c(F)c1. The Morgan fingerprint density at radius 1 is 1.26 bits per heavy atom. The fourth-order valence-corrected chi connectivity index (χ4v) is 3.44. The molecule has 4 heterocycles. The number of nitrogens with one attached hydrogen (secondary N) is 2. The number of amides is 1. The molecule has 2 N–H and O–H groups in total. The van der Waals surface area contributed by atoms with Gasteiger partial charge in [-0.25, -0.2) is 23.1 Å². The summed E-state index contributed by atoms with van der Waals surface area (Å²) in [7, 11) is 0. The van der Waals surface area contributed by atoms with Gasteiger partial charge in [-0.15, -0.1) is 5.10 Å². The standard InChI is InChI=1S/C19H18F6N8O/c1-10-4-14(19(23,24)25)30-32(10)8-15(34)29-11-5-12(20)17(27-7-11)33-9-28-16(31-33)13-6-18(21,22)2-3-26-13/h4-5,7,9,13,26H,2-3,6,8H2,1H3,(H,29,34). The van der Waals surface area contributed by atoms with Crippen molar-refractivity contribution in [1.82, 2.24) is 34.8 Å². The number of carbonyl (C=O) groups excluding carboxylic acids is 1. The third-order valence-electron chi connectivity index (χ3n) is 5.09. The molecule has 15 heteroatoms. The van der Waals surface area contributed by atoms with E-state index in [-0.39, 0.29) is 36.0 Å². The van der Waals surface area contributed by atoms with Crippen LogP contribution < -0.4 is 10.6 Å². The lowest BCUT2D eigenvalue weighted by atomic mass is 10.0. The lowest BCUT2D eigenvalue weighted by Gasteiger charge is -2.28. The van der Waals surface area contributed by atoms with Crippen LogP contribution >= 0.6 is 0 Å². The second kappa shape index (κ2) is 8.70. The number of hydrogen-bond donors (Lipinski definition) is 2. The summed E-state index contributed by atoms with van der Waals surface area (Å²) in [6, 6.07) is 0.945. The van der Waals surface area contributed by atoms with E-state index in [9.17, 15) is 31.1 Å². The van der Waals surface area contributed by atoms with Gasteiger partial charge in [-0.3, -0.25) is 9.48 Å². The Hall–Kier alpha value is -3.49. The molecule has 0 radical (unpaired) electrons. The molecule has 1 aliphatic rings. The second-order valence-corrected chi connectivity index (χ2v) is 7.77. The smallest absolute Gasteiger partial charge is 0.323 e. The van der Waals surface area contributed by atoms with Gasteiger partial charge >= 0.3 is 6.18 Å². The van der Waals surface area contributed by atoms with Crippen LogP contribution in [0.4, 0.5) is 32.0 Å². The average Bonchev–Trinajstić information content (AvgIpc) is 3.35. The number of rotatable bonds is 5. The van der Waals surface area contributed by atoms with Gasteiger partial charge < -0.3 is 10.6 Å². The molecule has 3 aromatic heterocycles. The molecule has 0 saturated carbocycles. The first-order valence-corrected chi connectivity index (χ1v) is 10.0. The van der Waals surface area contributed by atoms with E-state index in [0.717, 1.165) is 34.0 Å². The average molecular weight is 488 g/mol. The van der Waals surface area contributed by atoms with Crippen molar-refractivity contribution in [2.24, 2.45) is 0 Å². The summed E-state index contributed by atoms with van der Waals surface area (Å²) in [6.07, 6.45) is -3.19. The summed E-state index contributed by atoms with van der Waals surface area (Å²) in [5, 5.41) is 12.6. The van der Waals surface area contributed by atoms with Crippen LogP contribution in [0.1, 0.15) is 36.1 Å². The predicted molar refractivity (Wildman–Crippen MR) is 105 cm³/mol. The minimum absolute atomic E-state index is 0.0546. The number of nitrogens with zero attached hydrogens (tertiary/aromatic N) is 6. The van der Waals surface area contributed by atoms with Crippen molar-refractivity contribution >= 4 is 11.6 Å². The number of alkyl halides is 5. The first kappa shape index (κ1) is 23.7. The molecule has 0 aliphatic carbocycles. The van der Waals surface area contributed by atoms with Crippen LogP contribution in [0, 0.1) is 12.7 Å². The van der Waals surface area contributed by atoms with E-state index in [1.807, 2.05) is 0 Å². The molecule has 4 rings (SSSR count). The topological polar surface area (TPSA) is 103 Å². The van der Waals surface area contributed by atoms with E-state index in [1.165, 1.54) is 6.92 Å². The monoisotopic (exact) mass is 488 g/mol. The summed E-state index contributed by atoms with van der Waals surface area (Å²) < 4.78 is 82.0. The van der Waals surface area contributed by atoms with E-state index in [2.05, 4.69) is 30.8 Å². The molecule has 3 aromatic rings. The van der Waals surface area contributed by atoms with Gasteiger partial charge in [-0.05, 0) is 13.0 Å². The van der Waals surface area contributed by atoms with Crippen molar-refractivity contribution in [3.63, 3.8) is 0 Å².